The lowest BCUT2D eigenvalue weighted by Gasteiger charge is -2.07. The van der Waals surface area contributed by atoms with Gasteiger partial charge in [-0.1, -0.05) is 11.8 Å². The van der Waals surface area contributed by atoms with E-state index in [9.17, 15) is 0 Å². The van der Waals surface area contributed by atoms with Gasteiger partial charge in [0.25, 0.3) is 5.78 Å². The minimum absolute atomic E-state index is 0.588. The summed E-state index contributed by atoms with van der Waals surface area (Å²) in [7, 11) is 1.65. The highest BCUT2D eigenvalue weighted by molar-refractivity contribution is 7.99. The monoisotopic (exact) mass is 330 g/mol. The van der Waals surface area contributed by atoms with Crippen LogP contribution in [0, 0.1) is 13.8 Å². The lowest BCUT2D eigenvalue weighted by Crippen LogP contribution is -2.02. The summed E-state index contributed by atoms with van der Waals surface area (Å²) < 4.78 is 12.8. The van der Waals surface area contributed by atoms with E-state index in [1.165, 1.54) is 0 Å². The van der Waals surface area contributed by atoms with E-state index in [0.717, 1.165) is 33.8 Å². The Morgan fingerprint density at radius 3 is 2.57 bits per heavy atom. The third kappa shape index (κ3) is 3.56. The Labute approximate surface area is 138 Å². The molecule has 3 rings (SSSR count). The molecule has 0 amide bonds. The van der Waals surface area contributed by atoms with E-state index in [4.69, 9.17) is 9.47 Å². The highest BCUT2D eigenvalue weighted by atomic mass is 32.2. The number of ether oxygens (including phenoxy) is 2. The van der Waals surface area contributed by atoms with E-state index in [2.05, 4.69) is 15.2 Å². The van der Waals surface area contributed by atoms with Gasteiger partial charge in [0.2, 0.25) is 0 Å². The van der Waals surface area contributed by atoms with Crippen molar-refractivity contribution in [2.24, 2.45) is 0 Å². The fourth-order valence-electron chi connectivity index (χ4n) is 2.26. The number of benzene rings is 1. The van der Waals surface area contributed by atoms with Crippen molar-refractivity contribution in [2.75, 3.05) is 19.5 Å². The molecule has 0 fully saturated rings. The molecule has 0 aliphatic rings. The van der Waals surface area contributed by atoms with E-state index >= 15 is 0 Å². The normalized spacial score (nSPS) is 10.9. The highest BCUT2D eigenvalue weighted by Gasteiger charge is 2.10. The Hall–Kier alpha value is -2.28. The van der Waals surface area contributed by atoms with Crippen LogP contribution in [0.4, 0.5) is 0 Å². The van der Waals surface area contributed by atoms with Crippen molar-refractivity contribution in [3.8, 4) is 11.5 Å². The molecular formula is C16H18N4O2S. The second-order valence-electron chi connectivity index (χ2n) is 5.03. The molecule has 0 unspecified atom stereocenters. The summed E-state index contributed by atoms with van der Waals surface area (Å²) in [4.78, 5) is 4.38. The number of aromatic nitrogens is 4. The molecule has 0 N–H and O–H groups in total. The van der Waals surface area contributed by atoms with Gasteiger partial charge >= 0.3 is 0 Å². The van der Waals surface area contributed by atoms with Crippen LogP contribution in [-0.2, 0) is 0 Å². The first kappa shape index (κ1) is 15.6. The van der Waals surface area contributed by atoms with Crippen LogP contribution in [-0.4, -0.2) is 39.1 Å². The molecule has 120 valence electrons. The van der Waals surface area contributed by atoms with Crippen LogP contribution < -0.4 is 9.47 Å². The molecule has 0 bridgehead atoms. The third-order valence-corrected chi connectivity index (χ3v) is 4.20. The summed E-state index contributed by atoms with van der Waals surface area (Å²) in [5.41, 5.74) is 2.03. The quantitative estimate of drug-likeness (QED) is 0.511. The number of aryl methyl sites for hydroxylation is 2. The standard InChI is InChI=1S/C16H18N4O2S/c1-11-10-12(2)20-15(17-11)18-19-16(20)23-9-8-22-14-6-4-13(21-3)5-7-14/h4-7,10H,8-9H2,1-3H3. The molecule has 1 aromatic carbocycles. The number of thioether (sulfide) groups is 1. The van der Waals surface area contributed by atoms with Gasteiger partial charge in [-0.05, 0) is 44.2 Å². The number of methoxy groups -OCH3 is 1. The van der Waals surface area contributed by atoms with Crippen LogP contribution in [0.25, 0.3) is 5.78 Å². The predicted octanol–water partition coefficient (Wildman–Crippen LogP) is 2.92. The minimum Gasteiger partial charge on any atom is -0.497 e. The second-order valence-corrected chi connectivity index (χ2v) is 6.09. The molecule has 7 heteroatoms. The van der Waals surface area contributed by atoms with Crippen molar-refractivity contribution in [3.05, 3.63) is 41.7 Å². The van der Waals surface area contributed by atoms with E-state index < -0.39 is 0 Å². The van der Waals surface area contributed by atoms with Crippen molar-refractivity contribution in [1.29, 1.82) is 0 Å². The van der Waals surface area contributed by atoms with Crippen LogP contribution in [0.2, 0.25) is 0 Å². The van der Waals surface area contributed by atoms with Crippen LogP contribution in [0.3, 0.4) is 0 Å². The fourth-order valence-corrected chi connectivity index (χ4v) is 3.06. The summed E-state index contributed by atoms with van der Waals surface area (Å²) in [6.45, 7) is 4.57. The summed E-state index contributed by atoms with van der Waals surface area (Å²) in [6, 6.07) is 9.58. The van der Waals surface area contributed by atoms with E-state index in [1.807, 2.05) is 48.6 Å². The summed E-state index contributed by atoms with van der Waals surface area (Å²) in [6.07, 6.45) is 0. The molecular weight excluding hydrogens is 312 g/mol. The smallest absolute Gasteiger partial charge is 0.256 e. The average Bonchev–Trinajstić information content (AvgIpc) is 2.95. The Balaban J connectivity index is 1.58. The zero-order valence-electron chi connectivity index (χ0n) is 13.3. The molecule has 0 saturated carbocycles. The number of fused-ring (bicyclic) bond motifs is 1. The highest BCUT2D eigenvalue weighted by Crippen LogP contribution is 2.20. The lowest BCUT2D eigenvalue weighted by molar-refractivity contribution is 0.342. The minimum atomic E-state index is 0.588. The van der Waals surface area contributed by atoms with Crippen molar-refractivity contribution in [2.45, 2.75) is 19.0 Å². The maximum Gasteiger partial charge on any atom is 0.256 e. The summed E-state index contributed by atoms with van der Waals surface area (Å²) >= 11 is 1.60. The first-order valence-electron chi connectivity index (χ1n) is 7.26. The topological polar surface area (TPSA) is 61.5 Å². The molecule has 23 heavy (non-hydrogen) atoms. The SMILES string of the molecule is COc1ccc(OCCSc2nnc3nc(C)cc(C)n23)cc1. The van der Waals surface area contributed by atoms with Crippen molar-refractivity contribution in [3.63, 3.8) is 0 Å². The summed E-state index contributed by atoms with van der Waals surface area (Å²) in [5, 5.41) is 9.16. The Morgan fingerprint density at radius 1 is 1.09 bits per heavy atom. The van der Waals surface area contributed by atoms with Gasteiger partial charge in [0.1, 0.15) is 11.5 Å². The fraction of sp³-hybridized carbons (Fsp3) is 0.312. The molecule has 6 nitrogen and oxygen atoms in total. The molecule has 0 spiro atoms. The van der Waals surface area contributed by atoms with Gasteiger partial charge in [0.15, 0.2) is 5.16 Å². The maximum absolute atomic E-state index is 5.72. The van der Waals surface area contributed by atoms with E-state index in [0.29, 0.717) is 12.4 Å². The molecule has 3 aromatic rings. The maximum atomic E-state index is 5.72. The van der Waals surface area contributed by atoms with Gasteiger partial charge in [0, 0.05) is 17.1 Å². The molecule has 0 saturated heterocycles. The van der Waals surface area contributed by atoms with Crippen molar-refractivity contribution < 1.29 is 9.47 Å². The largest absolute Gasteiger partial charge is 0.497 e. The molecule has 0 radical (unpaired) electrons. The molecule has 0 atom stereocenters. The molecule has 2 aromatic heterocycles. The van der Waals surface area contributed by atoms with Crippen LogP contribution in [0.1, 0.15) is 11.4 Å². The van der Waals surface area contributed by atoms with Gasteiger partial charge < -0.3 is 9.47 Å². The molecule has 2 heterocycles. The van der Waals surface area contributed by atoms with Gasteiger partial charge in [-0.2, -0.15) is 0 Å². The number of rotatable bonds is 6. The van der Waals surface area contributed by atoms with Gasteiger partial charge in [-0.15, -0.1) is 10.2 Å². The predicted molar refractivity (Wildman–Crippen MR) is 89.5 cm³/mol. The van der Waals surface area contributed by atoms with Gasteiger partial charge in [0.05, 0.1) is 13.7 Å². The van der Waals surface area contributed by atoms with Gasteiger partial charge in [-0.3, -0.25) is 4.40 Å². The Bertz CT molecular complexity index is 802. The van der Waals surface area contributed by atoms with Crippen LogP contribution >= 0.6 is 11.8 Å². The van der Waals surface area contributed by atoms with E-state index in [-0.39, 0.29) is 0 Å². The average molecular weight is 330 g/mol. The second kappa shape index (κ2) is 6.87. The van der Waals surface area contributed by atoms with E-state index in [1.54, 1.807) is 18.9 Å². The molecule has 0 aliphatic heterocycles. The number of hydrogen-bond donors (Lipinski definition) is 0. The lowest BCUT2D eigenvalue weighted by atomic mass is 10.3. The van der Waals surface area contributed by atoms with Crippen molar-refractivity contribution >= 4 is 17.5 Å². The third-order valence-electron chi connectivity index (χ3n) is 3.31. The van der Waals surface area contributed by atoms with Gasteiger partial charge in [-0.25, -0.2) is 4.98 Å². The zero-order valence-corrected chi connectivity index (χ0v) is 14.1. The number of nitrogens with zero attached hydrogens (tertiary/aromatic N) is 4. The van der Waals surface area contributed by atoms with Crippen LogP contribution in [0.5, 0.6) is 11.5 Å². The number of hydrogen-bond acceptors (Lipinski definition) is 6. The zero-order chi connectivity index (χ0) is 16.2. The Morgan fingerprint density at radius 2 is 1.83 bits per heavy atom. The first-order chi connectivity index (χ1) is 11.2. The first-order valence-corrected chi connectivity index (χ1v) is 8.25. The Kier molecular flexibility index (Phi) is 4.66. The molecule has 0 aliphatic carbocycles. The van der Waals surface area contributed by atoms with Crippen molar-refractivity contribution in [1.82, 2.24) is 19.6 Å². The summed E-state index contributed by atoms with van der Waals surface area (Å²) in [5.74, 6) is 3.06. The van der Waals surface area contributed by atoms with Crippen LogP contribution in [0.15, 0.2) is 35.5 Å².